The van der Waals surface area contributed by atoms with Crippen LogP contribution >= 0.6 is 0 Å². The Balaban J connectivity index is 1.48. The summed E-state index contributed by atoms with van der Waals surface area (Å²) in [5, 5.41) is 3.11. The SMILES string of the molecule is CC1CCN(C[C@@H]2CCCN(C(=O)N[C@@H](C)c3ccccn3)C2)CC1. The zero-order valence-electron chi connectivity index (χ0n) is 15.7. The summed E-state index contributed by atoms with van der Waals surface area (Å²) in [6.45, 7) is 9.69. The fraction of sp³-hybridized carbons (Fsp3) is 0.700. The number of nitrogens with zero attached hydrogens (tertiary/aromatic N) is 3. The molecule has 2 amide bonds. The highest BCUT2D eigenvalue weighted by molar-refractivity contribution is 5.74. The van der Waals surface area contributed by atoms with Crippen LogP contribution in [0.15, 0.2) is 24.4 Å². The van der Waals surface area contributed by atoms with Gasteiger partial charge in [-0.15, -0.1) is 0 Å². The molecule has 0 aromatic carbocycles. The third kappa shape index (κ3) is 5.18. The maximum atomic E-state index is 12.6. The standard InChI is InChI=1S/C20H32N4O/c1-16-8-12-23(13-9-16)14-18-6-5-11-24(15-18)20(25)22-17(2)19-7-3-4-10-21-19/h3-4,7,10,16-18H,5-6,8-9,11-15H2,1-2H3,(H,22,25)/t17-,18-/m0/s1. The first-order valence-electron chi connectivity index (χ1n) is 9.80. The van der Waals surface area contributed by atoms with E-state index in [2.05, 4.69) is 22.1 Å². The van der Waals surface area contributed by atoms with E-state index in [1.807, 2.05) is 30.0 Å². The molecular formula is C20H32N4O. The molecule has 0 unspecified atom stereocenters. The molecule has 2 aliphatic rings. The number of pyridine rings is 1. The Morgan fingerprint density at radius 3 is 2.80 bits per heavy atom. The number of rotatable bonds is 4. The van der Waals surface area contributed by atoms with Gasteiger partial charge in [-0.3, -0.25) is 4.98 Å². The summed E-state index contributed by atoms with van der Waals surface area (Å²) in [7, 11) is 0. The van der Waals surface area contributed by atoms with Gasteiger partial charge in [0, 0.05) is 25.8 Å². The zero-order chi connectivity index (χ0) is 17.6. The first kappa shape index (κ1) is 18.2. The number of carbonyl (C=O) groups excluding carboxylic acids is 1. The van der Waals surface area contributed by atoms with Crippen LogP contribution in [0.5, 0.6) is 0 Å². The van der Waals surface area contributed by atoms with Gasteiger partial charge >= 0.3 is 6.03 Å². The van der Waals surface area contributed by atoms with E-state index in [1.54, 1.807) is 6.20 Å². The smallest absolute Gasteiger partial charge is 0.317 e. The van der Waals surface area contributed by atoms with Gasteiger partial charge in [0.1, 0.15) is 0 Å². The molecule has 5 heteroatoms. The number of hydrogen-bond donors (Lipinski definition) is 1. The normalized spacial score (nSPS) is 24.1. The highest BCUT2D eigenvalue weighted by atomic mass is 16.2. The fourth-order valence-corrected chi connectivity index (χ4v) is 3.99. The van der Waals surface area contributed by atoms with Gasteiger partial charge in [0.25, 0.3) is 0 Å². The fourth-order valence-electron chi connectivity index (χ4n) is 3.99. The largest absolute Gasteiger partial charge is 0.330 e. The van der Waals surface area contributed by atoms with Crippen molar-refractivity contribution in [1.82, 2.24) is 20.1 Å². The second-order valence-corrected chi connectivity index (χ2v) is 7.86. The second-order valence-electron chi connectivity index (χ2n) is 7.86. The van der Waals surface area contributed by atoms with Gasteiger partial charge in [-0.05, 0) is 69.7 Å². The molecule has 1 N–H and O–H groups in total. The molecule has 0 bridgehead atoms. The Bertz CT molecular complexity index is 542. The summed E-state index contributed by atoms with van der Waals surface area (Å²) in [4.78, 5) is 21.6. The summed E-state index contributed by atoms with van der Waals surface area (Å²) in [5.74, 6) is 1.48. The van der Waals surface area contributed by atoms with E-state index in [-0.39, 0.29) is 12.1 Å². The Morgan fingerprint density at radius 2 is 2.08 bits per heavy atom. The lowest BCUT2D eigenvalue weighted by Crippen LogP contribution is -2.48. The van der Waals surface area contributed by atoms with Gasteiger partial charge in [0.2, 0.25) is 0 Å². The maximum absolute atomic E-state index is 12.6. The lowest BCUT2D eigenvalue weighted by Gasteiger charge is -2.38. The summed E-state index contributed by atoms with van der Waals surface area (Å²) in [6.07, 6.45) is 6.76. The van der Waals surface area contributed by atoms with Crippen molar-refractivity contribution in [3.63, 3.8) is 0 Å². The van der Waals surface area contributed by atoms with E-state index in [0.717, 1.165) is 37.7 Å². The summed E-state index contributed by atoms with van der Waals surface area (Å²) in [5.41, 5.74) is 0.909. The summed E-state index contributed by atoms with van der Waals surface area (Å²) >= 11 is 0. The van der Waals surface area contributed by atoms with Crippen LogP contribution in [0.3, 0.4) is 0 Å². The average molecular weight is 345 g/mol. The molecular weight excluding hydrogens is 312 g/mol. The number of amides is 2. The van der Waals surface area contributed by atoms with Crippen LogP contribution in [-0.4, -0.2) is 53.5 Å². The van der Waals surface area contributed by atoms with Crippen molar-refractivity contribution in [2.75, 3.05) is 32.7 Å². The van der Waals surface area contributed by atoms with Crippen LogP contribution in [0.2, 0.25) is 0 Å². The highest BCUT2D eigenvalue weighted by Gasteiger charge is 2.27. The quantitative estimate of drug-likeness (QED) is 0.912. The predicted molar refractivity (Wildman–Crippen MR) is 100 cm³/mol. The second kappa shape index (κ2) is 8.65. The Labute approximate surface area is 151 Å². The number of carbonyl (C=O) groups is 1. The van der Waals surface area contributed by atoms with Gasteiger partial charge in [0.05, 0.1) is 11.7 Å². The molecule has 2 saturated heterocycles. The monoisotopic (exact) mass is 344 g/mol. The first-order valence-corrected chi connectivity index (χ1v) is 9.80. The van der Waals surface area contributed by atoms with E-state index in [1.165, 1.54) is 32.4 Å². The van der Waals surface area contributed by atoms with Crippen LogP contribution < -0.4 is 5.32 Å². The number of hydrogen-bond acceptors (Lipinski definition) is 3. The van der Waals surface area contributed by atoms with Gasteiger partial charge in [-0.1, -0.05) is 13.0 Å². The van der Waals surface area contributed by atoms with Crippen LogP contribution in [0.4, 0.5) is 4.79 Å². The average Bonchev–Trinajstić information content (AvgIpc) is 2.64. The first-order chi connectivity index (χ1) is 12.1. The van der Waals surface area contributed by atoms with Crippen LogP contribution in [0.25, 0.3) is 0 Å². The van der Waals surface area contributed by atoms with Gasteiger partial charge in [0.15, 0.2) is 0 Å². The van der Waals surface area contributed by atoms with Gasteiger partial charge in [-0.2, -0.15) is 0 Å². The zero-order valence-corrected chi connectivity index (χ0v) is 15.7. The molecule has 2 atom stereocenters. The summed E-state index contributed by atoms with van der Waals surface area (Å²) in [6, 6.07) is 5.81. The lowest BCUT2D eigenvalue weighted by molar-refractivity contribution is 0.119. The van der Waals surface area contributed by atoms with E-state index in [0.29, 0.717) is 5.92 Å². The predicted octanol–water partition coefficient (Wildman–Crippen LogP) is 3.30. The van der Waals surface area contributed by atoms with Crippen molar-refractivity contribution in [3.05, 3.63) is 30.1 Å². The molecule has 3 heterocycles. The molecule has 0 radical (unpaired) electrons. The van der Waals surface area contributed by atoms with Crippen LogP contribution in [0, 0.1) is 11.8 Å². The molecule has 0 spiro atoms. The molecule has 1 aromatic heterocycles. The lowest BCUT2D eigenvalue weighted by atomic mass is 9.94. The minimum atomic E-state index is -0.0577. The molecule has 25 heavy (non-hydrogen) atoms. The highest BCUT2D eigenvalue weighted by Crippen LogP contribution is 2.22. The topological polar surface area (TPSA) is 48.5 Å². The van der Waals surface area contributed by atoms with Crippen LogP contribution in [-0.2, 0) is 0 Å². The van der Waals surface area contributed by atoms with E-state index >= 15 is 0 Å². The number of nitrogens with one attached hydrogen (secondary N) is 1. The van der Waals surface area contributed by atoms with E-state index < -0.39 is 0 Å². The Hall–Kier alpha value is -1.62. The molecule has 0 aliphatic carbocycles. The summed E-state index contributed by atoms with van der Waals surface area (Å²) < 4.78 is 0. The minimum Gasteiger partial charge on any atom is -0.330 e. The maximum Gasteiger partial charge on any atom is 0.317 e. The number of aromatic nitrogens is 1. The number of piperidine rings is 2. The molecule has 2 fully saturated rings. The third-order valence-corrected chi connectivity index (χ3v) is 5.67. The van der Waals surface area contributed by atoms with Gasteiger partial charge < -0.3 is 15.1 Å². The van der Waals surface area contributed by atoms with Crippen molar-refractivity contribution >= 4 is 6.03 Å². The molecule has 0 saturated carbocycles. The molecule has 2 aliphatic heterocycles. The minimum absolute atomic E-state index is 0.0510. The Kier molecular flexibility index (Phi) is 6.29. The Morgan fingerprint density at radius 1 is 1.28 bits per heavy atom. The van der Waals surface area contributed by atoms with Crippen molar-refractivity contribution < 1.29 is 4.79 Å². The van der Waals surface area contributed by atoms with E-state index in [4.69, 9.17) is 0 Å². The molecule has 138 valence electrons. The van der Waals surface area contributed by atoms with Crippen molar-refractivity contribution in [3.8, 4) is 0 Å². The third-order valence-electron chi connectivity index (χ3n) is 5.67. The molecule has 3 rings (SSSR count). The van der Waals surface area contributed by atoms with Gasteiger partial charge in [-0.25, -0.2) is 4.79 Å². The molecule has 5 nitrogen and oxygen atoms in total. The van der Waals surface area contributed by atoms with Crippen molar-refractivity contribution in [1.29, 1.82) is 0 Å². The van der Waals surface area contributed by atoms with Crippen molar-refractivity contribution in [2.45, 2.75) is 45.6 Å². The van der Waals surface area contributed by atoms with E-state index in [9.17, 15) is 4.79 Å². The van der Waals surface area contributed by atoms with Crippen molar-refractivity contribution in [2.24, 2.45) is 11.8 Å². The number of urea groups is 1. The molecule has 1 aromatic rings. The number of likely N-dealkylation sites (tertiary alicyclic amines) is 2. The van der Waals surface area contributed by atoms with Crippen LogP contribution in [0.1, 0.15) is 51.3 Å².